The number of likely N-dealkylation sites (N-methyl/N-ethyl adjacent to an activating group) is 1. The van der Waals surface area contributed by atoms with Gasteiger partial charge in [0, 0.05) is 54.6 Å². The molecule has 1 amide bonds. The second kappa shape index (κ2) is 12.2. The van der Waals surface area contributed by atoms with Crippen molar-refractivity contribution in [2.45, 2.75) is 25.8 Å². The molecule has 12 heteroatoms. The van der Waals surface area contributed by atoms with Gasteiger partial charge in [0.1, 0.15) is 17.7 Å². The van der Waals surface area contributed by atoms with Crippen molar-refractivity contribution in [1.82, 2.24) is 25.0 Å². The van der Waals surface area contributed by atoms with Gasteiger partial charge in [-0.3, -0.25) is 19.4 Å². The third kappa shape index (κ3) is 7.00. The highest BCUT2D eigenvalue weighted by molar-refractivity contribution is 6.30. The molecule has 1 aromatic carbocycles. The average molecular weight is 542 g/mol. The first kappa shape index (κ1) is 27.4. The minimum Gasteiger partial charge on any atom is -0.480 e. The minimum atomic E-state index is -0.833. The molecule has 38 heavy (non-hydrogen) atoms. The highest BCUT2D eigenvalue weighted by atomic mass is 35.5. The molecule has 0 spiro atoms. The number of aryl methyl sites for hydroxylation is 1. The van der Waals surface area contributed by atoms with Crippen molar-refractivity contribution in [1.29, 1.82) is 0 Å². The summed E-state index contributed by atoms with van der Waals surface area (Å²) in [7, 11) is 1.81. The molecule has 1 saturated heterocycles. The molecule has 1 aliphatic heterocycles. The number of aromatic nitrogens is 3. The van der Waals surface area contributed by atoms with E-state index in [9.17, 15) is 19.1 Å². The van der Waals surface area contributed by atoms with Gasteiger partial charge in [-0.1, -0.05) is 11.6 Å². The zero-order valence-electron chi connectivity index (χ0n) is 21.1. The number of halogens is 2. The van der Waals surface area contributed by atoms with E-state index in [-0.39, 0.29) is 17.9 Å². The third-order valence-electron chi connectivity index (χ3n) is 6.38. The Labute approximate surface area is 224 Å². The van der Waals surface area contributed by atoms with Gasteiger partial charge in [-0.05, 0) is 57.3 Å². The highest BCUT2D eigenvalue weighted by Crippen LogP contribution is 2.28. The Kier molecular flexibility index (Phi) is 8.82. The zero-order valence-corrected chi connectivity index (χ0v) is 21.9. The monoisotopic (exact) mass is 541 g/mol. The molecular formula is C26H29ClFN7O3. The van der Waals surface area contributed by atoms with Crippen molar-refractivity contribution < 1.29 is 19.1 Å². The molecule has 3 aromatic rings. The van der Waals surface area contributed by atoms with Crippen molar-refractivity contribution in [2.24, 2.45) is 0 Å². The normalized spacial score (nSPS) is 16.3. The molecule has 0 radical (unpaired) electrons. The van der Waals surface area contributed by atoms with Crippen LogP contribution in [0.15, 0.2) is 42.6 Å². The lowest BCUT2D eigenvalue weighted by Crippen LogP contribution is -2.54. The first-order chi connectivity index (χ1) is 18.2. The summed E-state index contributed by atoms with van der Waals surface area (Å²) in [5.74, 6) is -1.09. The van der Waals surface area contributed by atoms with E-state index in [4.69, 9.17) is 11.6 Å². The maximum Gasteiger partial charge on any atom is 0.322 e. The van der Waals surface area contributed by atoms with E-state index in [1.807, 2.05) is 11.9 Å². The summed E-state index contributed by atoms with van der Waals surface area (Å²) in [6.07, 6.45) is 2.45. The quantitative estimate of drug-likeness (QED) is 0.371. The number of hydrogen-bond acceptors (Lipinski definition) is 8. The number of hydrogen-bond donors (Lipinski definition) is 3. The number of amides is 1. The minimum absolute atomic E-state index is 0.181. The molecule has 0 aliphatic carbocycles. The van der Waals surface area contributed by atoms with Gasteiger partial charge in [0.15, 0.2) is 0 Å². The lowest BCUT2D eigenvalue weighted by Gasteiger charge is -2.37. The second-order valence-corrected chi connectivity index (χ2v) is 9.63. The molecule has 1 fully saturated rings. The van der Waals surface area contributed by atoms with Crippen LogP contribution >= 0.6 is 11.6 Å². The molecule has 2 aromatic heterocycles. The van der Waals surface area contributed by atoms with Gasteiger partial charge in [-0.15, -0.1) is 0 Å². The van der Waals surface area contributed by atoms with Gasteiger partial charge < -0.3 is 15.7 Å². The molecule has 4 rings (SSSR count). The van der Waals surface area contributed by atoms with Crippen LogP contribution < -0.4 is 10.6 Å². The van der Waals surface area contributed by atoms with Gasteiger partial charge >= 0.3 is 5.97 Å². The molecule has 0 saturated carbocycles. The first-order valence-corrected chi connectivity index (χ1v) is 12.6. The van der Waals surface area contributed by atoms with Crippen molar-refractivity contribution in [3.63, 3.8) is 0 Å². The number of carboxylic acid groups (broad SMARTS) is 1. The van der Waals surface area contributed by atoms with Crippen LogP contribution in [0.1, 0.15) is 18.5 Å². The predicted molar refractivity (Wildman–Crippen MR) is 143 cm³/mol. The fourth-order valence-electron chi connectivity index (χ4n) is 4.21. The molecule has 0 bridgehead atoms. The maximum atomic E-state index is 14.3. The Morgan fingerprint density at radius 1 is 1.18 bits per heavy atom. The fourth-order valence-corrected chi connectivity index (χ4v) is 4.38. The molecule has 3 heterocycles. The number of carboxylic acids is 1. The fraction of sp³-hybridized carbons (Fsp3) is 0.346. The summed E-state index contributed by atoms with van der Waals surface area (Å²) in [5, 5.41) is 24.0. The SMILES string of the molecule is Cc1nnc(-c2cc(Cl)ccc2F)cc1Nc1ccnc(NC(=O)CCCN2CCN(C)C(C(=O)O)C2)c1. The van der Waals surface area contributed by atoms with E-state index in [1.165, 1.54) is 18.2 Å². The van der Waals surface area contributed by atoms with E-state index < -0.39 is 17.8 Å². The largest absolute Gasteiger partial charge is 0.480 e. The van der Waals surface area contributed by atoms with Gasteiger partial charge in [-0.2, -0.15) is 10.2 Å². The van der Waals surface area contributed by atoms with Crippen molar-refractivity contribution >= 4 is 40.7 Å². The third-order valence-corrected chi connectivity index (χ3v) is 6.62. The van der Waals surface area contributed by atoms with Crippen LogP contribution in [0.25, 0.3) is 11.3 Å². The van der Waals surface area contributed by atoms with Crippen LogP contribution in [-0.2, 0) is 9.59 Å². The van der Waals surface area contributed by atoms with Crippen molar-refractivity contribution in [3.05, 3.63) is 59.1 Å². The van der Waals surface area contributed by atoms with E-state index in [0.717, 1.165) is 6.54 Å². The highest BCUT2D eigenvalue weighted by Gasteiger charge is 2.29. The van der Waals surface area contributed by atoms with Gasteiger partial charge in [0.05, 0.1) is 17.1 Å². The Balaban J connectivity index is 1.34. The van der Waals surface area contributed by atoms with Crippen molar-refractivity contribution in [3.8, 4) is 11.3 Å². The van der Waals surface area contributed by atoms with E-state index in [0.29, 0.717) is 59.7 Å². The van der Waals surface area contributed by atoms with Gasteiger partial charge in [0.25, 0.3) is 0 Å². The smallest absolute Gasteiger partial charge is 0.322 e. The van der Waals surface area contributed by atoms with Crippen LogP contribution in [0, 0.1) is 12.7 Å². The van der Waals surface area contributed by atoms with E-state index >= 15 is 0 Å². The molecule has 3 N–H and O–H groups in total. The standard InChI is InChI=1S/C26H29ClFN7O3/c1-16-21(14-22(33-32-16)19-12-17(27)5-6-20(19)28)30-18-7-8-29-24(13-18)31-25(36)4-3-9-35-11-10-34(2)23(15-35)26(37)38/h5-8,12-14,23H,3-4,9-11,15H2,1-2H3,(H,37,38)(H2,29,30,31,33,36). The van der Waals surface area contributed by atoms with Crippen LogP contribution in [0.5, 0.6) is 0 Å². The number of carbonyl (C=O) groups is 2. The summed E-state index contributed by atoms with van der Waals surface area (Å²) >= 11 is 6.02. The topological polar surface area (TPSA) is 124 Å². The summed E-state index contributed by atoms with van der Waals surface area (Å²) in [6.45, 7) is 4.30. The van der Waals surface area contributed by atoms with Crippen LogP contribution in [0.3, 0.4) is 0 Å². The average Bonchev–Trinajstić information content (AvgIpc) is 2.88. The Hall–Kier alpha value is -3.67. The number of nitrogens with zero attached hydrogens (tertiary/aromatic N) is 5. The van der Waals surface area contributed by atoms with Crippen molar-refractivity contribution in [2.75, 3.05) is 43.9 Å². The molecule has 1 atom stereocenters. The number of aliphatic carboxylic acids is 1. The first-order valence-electron chi connectivity index (χ1n) is 12.2. The Morgan fingerprint density at radius 3 is 2.79 bits per heavy atom. The Bertz CT molecular complexity index is 1330. The summed E-state index contributed by atoms with van der Waals surface area (Å²) in [6, 6.07) is 8.82. The van der Waals surface area contributed by atoms with E-state index in [1.54, 1.807) is 31.3 Å². The number of nitrogens with one attached hydrogen (secondary N) is 2. The van der Waals surface area contributed by atoms with Crippen LogP contribution in [0.2, 0.25) is 5.02 Å². The summed E-state index contributed by atoms with van der Waals surface area (Å²) in [4.78, 5) is 32.0. The predicted octanol–water partition coefficient (Wildman–Crippen LogP) is 3.80. The maximum absolute atomic E-state index is 14.3. The second-order valence-electron chi connectivity index (χ2n) is 9.19. The number of benzene rings is 1. The molecule has 1 unspecified atom stereocenters. The van der Waals surface area contributed by atoms with E-state index in [2.05, 4.69) is 30.7 Å². The number of pyridine rings is 1. The van der Waals surface area contributed by atoms with Crippen LogP contribution in [-0.4, -0.2) is 81.2 Å². The molecule has 200 valence electrons. The zero-order chi connectivity index (χ0) is 27.2. The molecule has 10 nitrogen and oxygen atoms in total. The van der Waals surface area contributed by atoms with Gasteiger partial charge in [-0.25, -0.2) is 9.37 Å². The number of anilines is 3. The molecular weight excluding hydrogens is 513 g/mol. The van der Waals surface area contributed by atoms with Gasteiger partial charge in [0.2, 0.25) is 5.91 Å². The molecule has 1 aliphatic rings. The summed E-state index contributed by atoms with van der Waals surface area (Å²) < 4.78 is 14.3. The number of piperazine rings is 1. The van der Waals surface area contributed by atoms with Crippen LogP contribution in [0.4, 0.5) is 21.6 Å². The number of carbonyl (C=O) groups excluding carboxylic acids is 1. The lowest BCUT2D eigenvalue weighted by atomic mass is 10.1. The summed E-state index contributed by atoms with van der Waals surface area (Å²) in [5.41, 5.74) is 2.44. The Morgan fingerprint density at radius 2 is 2.00 bits per heavy atom. The number of rotatable bonds is 9. The lowest BCUT2D eigenvalue weighted by molar-refractivity contribution is -0.145.